The Bertz CT molecular complexity index is 1550. The minimum atomic E-state index is -0.415. The van der Waals surface area contributed by atoms with E-state index >= 15 is 0 Å². The molecule has 0 bridgehead atoms. The zero-order chi connectivity index (χ0) is 29.4. The summed E-state index contributed by atoms with van der Waals surface area (Å²) in [6.07, 6.45) is 0. The number of ether oxygens (including phenoxy) is 2. The highest BCUT2D eigenvalue weighted by molar-refractivity contribution is 7.99. The van der Waals surface area contributed by atoms with Crippen LogP contribution in [0.1, 0.15) is 44.6 Å². The second-order valence-electron chi connectivity index (χ2n) is 8.97. The van der Waals surface area contributed by atoms with Crippen LogP contribution in [-0.4, -0.2) is 52.0 Å². The monoisotopic (exact) mass is 573 g/mol. The molecule has 0 atom stereocenters. The second-order valence-corrected chi connectivity index (χ2v) is 9.91. The third-order valence-electron chi connectivity index (χ3n) is 6.29. The van der Waals surface area contributed by atoms with Crippen molar-refractivity contribution < 1.29 is 23.9 Å². The van der Waals surface area contributed by atoms with Crippen molar-refractivity contribution in [3.63, 3.8) is 0 Å². The van der Waals surface area contributed by atoms with Crippen molar-refractivity contribution in [2.75, 3.05) is 24.8 Å². The van der Waals surface area contributed by atoms with E-state index in [4.69, 9.17) is 9.47 Å². The molecule has 0 saturated carbocycles. The summed E-state index contributed by atoms with van der Waals surface area (Å²) >= 11 is 1.23. The number of carbonyl (C=O) groups excluding carboxylic acids is 3. The van der Waals surface area contributed by atoms with Gasteiger partial charge in [0, 0.05) is 5.69 Å². The van der Waals surface area contributed by atoms with Crippen LogP contribution in [0, 0.1) is 13.8 Å². The van der Waals surface area contributed by atoms with E-state index in [-0.39, 0.29) is 30.7 Å². The number of carbonyl (C=O) groups is 3. The summed E-state index contributed by atoms with van der Waals surface area (Å²) in [4.78, 5) is 37.5. The fourth-order valence-corrected chi connectivity index (χ4v) is 4.81. The minimum Gasteiger partial charge on any atom is -0.496 e. The van der Waals surface area contributed by atoms with Gasteiger partial charge in [-0.1, -0.05) is 36.0 Å². The van der Waals surface area contributed by atoms with Crippen molar-refractivity contribution in [2.24, 2.45) is 0 Å². The highest BCUT2D eigenvalue weighted by Crippen LogP contribution is 2.26. The highest BCUT2D eigenvalue weighted by Gasteiger charge is 2.20. The predicted octanol–water partition coefficient (Wildman–Crippen LogP) is 4.73. The summed E-state index contributed by atoms with van der Waals surface area (Å²) in [7, 11) is 1.52. The van der Waals surface area contributed by atoms with Gasteiger partial charge in [-0.3, -0.25) is 14.2 Å². The normalized spacial score (nSPS) is 10.6. The molecule has 0 fully saturated rings. The van der Waals surface area contributed by atoms with E-state index in [1.54, 1.807) is 55.5 Å². The van der Waals surface area contributed by atoms with E-state index in [9.17, 15) is 14.4 Å². The number of hydrogen-bond acceptors (Lipinski definition) is 8. The zero-order valence-electron chi connectivity index (χ0n) is 23.3. The molecule has 10 nitrogen and oxygen atoms in total. The van der Waals surface area contributed by atoms with Crippen LogP contribution in [0.5, 0.6) is 5.75 Å². The average Bonchev–Trinajstić information content (AvgIpc) is 3.39. The number of nitrogens with zero attached hydrogens (tertiary/aromatic N) is 3. The number of methoxy groups -OCH3 is 1. The Balaban J connectivity index is 1.50. The van der Waals surface area contributed by atoms with Gasteiger partial charge in [0.1, 0.15) is 5.75 Å². The van der Waals surface area contributed by atoms with E-state index in [2.05, 4.69) is 20.8 Å². The first kappa shape index (κ1) is 29.3. The van der Waals surface area contributed by atoms with Gasteiger partial charge >= 0.3 is 5.97 Å². The molecule has 41 heavy (non-hydrogen) atoms. The number of aromatic nitrogens is 3. The van der Waals surface area contributed by atoms with Gasteiger partial charge < -0.3 is 20.1 Å². The average molecular weight is 574 g/mol. The lowest BCUT2D eigenvalue weighted by Crippen LogP contribution is -2.25. The van der Waals surface area contributed by atoms with Crippen molar-refractivity contribution in [3.05, 3.63) is 94.8 Å². The molecule has 0 spiro atoms. The molecule has 0 radical (unpaired) electrons. The molecule has 4 rings (SSSR count). The lowest BCUT2D eigenvalue weighted by Gasteiger charge is -2.15. The summed E-state index contributed by atoms with van der Waals surface area (Å²) in [6.45, 7) is 6.16. The third-order valence-corrected chi connectivity index (χ3v) is 7.22. The topological polar surface area (TPSA) is 124 Å². The lowest BCUT2D eigenvalue weighted by atomic mass is 10.1. The number of nitrogens with one attached hydrogen (secondary N) is 2. The molecule has 0 unspecified atom stereocenters. The fraction of sp³-hybridized carbons (Fsp3) is 0.233. The molecule has 0 aliphatic heterocycles. The molecule has 2 N–H and O–H groups in total. The first-order valence-electron chi connectivity index (χ1n) is 12.9. The third kappa shape index (κ3) is 7.12. The number of rotatable bonds is 11. The van der Waals surface area contributed by atoms with Crippen LogP contribution in [-0.2, 0) is 16.1 Å². The number of aryl methyl sites for hydroxylation is 1. The molecule has 1 aromatic heterocycles. The lowest BCUT2D eigenvalue weighted by molar-refractivity contribution is -0.113. The number of thioether (sulfide) groups is 1. The van der Waals surface area contributed by atoms with Crippen molar-refractivity contribution in [1.29, 1.82) is 0 Å². The number of amides is 2. The number of benzene rings is 3. The molecule has 0 saturated heterocycles. The predicted molar refractivity (Wildman–Crippen MR) is 157 cm³/mol. The Morgan fingerprint density at radius 2 is 1.71 bits per heavy atom. The van der Waals surface area contributed by atoms with E-state index in [1.165, 1.54) is 18.9 Å². The number of esters is 1. The van der Waals surface area contributed by atoms with Crippen LogP contribution in [0.2, 0.25) is 0 Å². The Labute approximate surface area is 242 Å². The molecular weight excluding hydrogens is 542 g/mol. The minimum absolute atomic E-state index is 0.0657. The van der Waals surface area contributed by atoms with Crippen molar-refractivity contribution in [1.82, 2.24) is 20.1 Å². The van der Waals surface area contributed by atoms with Crippen LogP contribution in [0.15, 0.2) is 71.9 Å². The van der Waals surface area contributed by atoms with Gasteiger partial charge in [-0.15, -0.1) is 10.2 Å². The van der Waals surface area contributed by atoms with E-state index in [0.29, 0.717) is 33.5 Å². The summed E-state index contributed by atoms with van der Waals surface area (Å²) in [5, 5.41) is 14.9. The van der Waals surface area contributed by atoms with Gasteiger partial charge in [-0.05, 0) is 74.4 Å². The molecule has 0 aliphatic carbocycles. The molecule has 11 heteroatoms. The second kappa shape index (κ2) is 13.6. The Kier molecular flexibility index (Phi) is 9.75. The maximum absolute atomic E-state index is 12.9. The maximum atomic E-state index is 12.9. The molecule has 212 valence electrons. The SMILES string of the molecule is CCOC(=O)c1ccc(NC(=O)CSc2nnc(CNC(=O)c3ccccc3OC)n2-c2cccc(C)c2C)cc1. The van der Waals surface area contributed by atoms with Crippen molar-refractivity contribution in [3.8, 4) is 11.4 Å². The van der Waals surface area contributed by atoms with Gasteiger partial charge in [0.2, 0.25) is 5.91 Å². The first-order valence-corrected chi connectivity index (χ1v) is 13.9. The molecular formula is C30H31N5O5S. The maximum Gasteiger partial charge on any atom is 0.338 e. The van der Waals surface area contributed by atoms with Gasteiger partial charge in [-0.2, -0.15) is 0 Å². The molecule has 2 amide bonds. The summed E-state index contributed by atoms with van der Waals surface area (Å²) < 4.78 is 12.2. The number of anilines is 1. The Morgan fingerprint density at radius 1 is 0.951 bits per heavy atom. The highest BCUT2D eigenvalue weighted by atomic mass is 32.2. The Hall–Kier alpha value is -4.64. The molecule has 1 heterocycles. The number of hydrogen-bond donors (Lipinski definition) is 2. The summed E-state index contributed by atoms with van der Waals surface area (Å²) in [5.41, 5.74) is 4.34. The molecule has 0 aliphatic rings. The van der Waals surface area contributed by atoms with Crippen molar-refractivity contribution >= 4 is 35.2 Å². The fourth-order valence-electron chi connectivity index (χ4n) is 4.05. The molecule has 4 aromatic rings. The first-order chi connectivity index (χ1) is 19.8. The van der Waals surface area contributed by atoms with E-state index in [0.717, 1.165) is 16.8 Å². The van der Waals surface area contributed by atoms with Crippen molar-refractivity contribution in [2.45, 2.75) is 32.5 Å². The Morgan fingerprint density at radius 3 is 2.44 bits per heavy atom. The van der Waals surface area contributed by atoms with Crippen LogP contribution < -0.4 is 15.4 Å². The molecule has 3 aromatic carbocycles. The van der Waals surface area contributed by atoms with E-state index < -0.39 is 5.97 Å². The van der Waals surface area contributed by atoms with Gasteiger partial charge in [-0.25, -0.2) is 4.79 Å². The number of para-hydroxylation sites is 1. The van der Waals surface area contributed by atoms with Crippen LogP contribution in [0.25, 0.3) is 5.69 Å². The van der Waals surface area contributed by atoms with Crippen LogP contribution in [0.3, 0.4) is 0 Å². The quantitative estimate of drug-likeness (QED) is 0.195. The summed E-state index contributed by atoms with van der Waals surface area (Å²) in [6, 6.07) is 19.4. The van der Waals surface area contributed by atoms with E-state index in [1.807, 2.05) is 36.6 Å². The van der Waals surface area contributed by atoms with Gasteiger partial charge in [0.15, 0.2) is 11.0 Å². The standard InChI is InChI=1S/C30H31N5O5S/c1-5-40-29(38)21-13-15-22(16-14-21)32-27(36)18-41-30-34-33-26(35(30)24-11-8-9-19(2)20(24)3)17-31-28(37)23-10-6-7-12-25(23)39-4/h6-16H,5,17-18H2,1-4H3,(H,31,37)(H,32,36). The van der Waals surface area contributed by atoms with Gasteiger partial charge in [0.05, 0.1) is 42.8 Å². The largest absolute Gasteiger partial charge is 0.496 e. The zero-order valence-corrected chi connectivity index (χ0v) is 24.1. The van der Waals surface area contributed by atoms with Crippen LogP contribution in [0.4, 0.5) is 5.69 Å². The summed E-state index contributed by atoms with van der Waals surface area (Å²) in [5.74, 6) is 0.0803. The van der Waals surface area contributed by atoms with Gasteiger partial charge in [0.25, 0.3) is 5.91 Å². The van der Waals surface area contributed by atoms with Crippen LogP contribution >= 0.6 is 11.8 Å². The smallest absolute Gasteiger partial charge is 0.338 e.